The van der Waals surface area contributed by atoms with Crippen molar-refractivity contribution in [3.8, 4) is 0 Å². The van der Waals surface area contributed by atoms with Crippen molar-refractivity contribution in [2.24, 2.45) is 7.05 Å². The van der Waals surface area contributed by atoms with Gasteiger partial charge in [0, 0.05) is 13.6 Å². The molecule has 0 spiro atoms. The highest BCUT2D eigenvalue weighted by molar-refractivity contribution is 7.99. The first-order valence-corrected chi connectivity index (χ1v) is 6.08. The summed E-state index contributed by atoms with van der Waals surface area (Å²) in [6.45, 7) is 0.419. The van der Waals surface area contributed by atoms with Crippen LogP contribution in [0.5, 0.6) is 0 Å². The monoisotopic (exact) mass is 270 g/mol. The zero-order valence-corrected chi connectivity index (χ0v) is 10.8. The van der Waals surface area contributed by atoms with Crippen LogP contribution in [0.15, 0.2) is 28.5 Å². The number of aryl methyl sites for hydroxylation is 1. The van der Waals surface area contributed by atoms with E-state index < -0.39 is 11.6 Å². The lowest BCUT2D eigenvalue weighted by Crippen LogP contribution is -2.06. The number of halogens is 2. The Morgan fingerprint density at radius 2 is 2.00 bits per heavy atom. The van der Waals surface area contributed by atoms with E-state index in [1.807, 2.05) is 0 Å². The van der Waals surface area contributed by atoms with E-state index in [9.17, 15) is 8.78 Å². The molecule has 2 rings (SSSR count). The summed E-state index contributed by atoms with van der Waals surface area (Å²) in [5.74, 6) is -1.18. The topological polar surface area (TPSA) is 42.7 Å². The van der Waals surface area contributed by atoms with E-state index >= 15 is 0 Å². The van der Waals surface area contributed by atoms with Crippen LogP contribution in [-0.2, 0) is 13.6 Å². The van der Waals surface area contributed by atoms with Crippen molar-refractivity contribution in [3.05, 3.63) is 35.7 Å². The van der Waals surface area contributed by atoms with Crippen LogP contribution in [-0.4, -0.2) is 21.8 Å². The van der Waals surface area contributed by atoms with Crippen molar-refractivity contribution in [2.75, 3.05) is 7.05 Å². The third-order valence-electron chi connectivity index (χ3n) is 2.30. The first kappa shape index (κ1) is 13.0. The molecule has 2 aromatic rings. The van der Waals surface area contributed by atoms with Crippen LogP contribution in [0, 0.1) is 11.6 Å². The standard InChI is InChI=1S/C11H12F2N4S/c1-14-5-7-3-8(12)10(9(13)4-7)18-11-15-6-16-17(11)2/h3-4,6,14H,5H2,1-2H3. The van der Waals surface area contributed by atoms with Gasteiger partial charge in [0.15, 0.2) is 5.16 Å². The number of benzene rings is 1. The van der Waals surface area contributed by atoms with Crippen LogP contribution in [0.1, 0.15) is 5.56 Å². The van der Waals surface area contributed by atoms with Gasteiger partial charge in [0.1, 0.15) is 18.0 Å². The lowest BCUT2D eigenvalue weighted by Gasteiger charge is -2.07. The Balaban J connectivity index is 2.31. The third-order valence-corrected chi connectivity index (χ3v) is 3.45. The molecule has 96 valence electrons. The predicted octanol–water partition coefficient (Wildman–Crippen LogP) is 1.96. The highest BCUT2D eigenvalue weighted by atomic mass is 32.2. The number of hydrogen-bond donors (Lipinski definition) is 1. The molecule has 4 nitrogen and oxygen atoms in total. The second kappa shape index (κ2) is 5.45. The van der Waals surface area contributed by atoms with Gasteiger partial charge in [-0.05, 0) is 36.5 Å². The van der Waals surface area contributed by atoms with Gasteiger partial charge in [0.25, 0.3) is 0 Å². The van der Waals surface area contributed by atoms with Gasteiger partial charge < -0.3 is 5.32 Å². The first-order valence-electron chi connectivity index (χ1n) is 5.26. The van der Waals surface area contributed by atoms with Crippen molar-refractivity contribution >= 4 is 11.8 Å². The summed E-state index contributed by atoms with van der Waals surface area (Å²) in [6, 6.07) is 2.64. The zero-order chi connectivity index (χ0) is 13.1. The van der Waals surface area contributed by atoms with E-state index in [0.717, 1.165) is 11.8 Å². The number of nitrogens with one attached hydrogen (secondary N) is 1. The van der Waals surface area contributed by atoms with Gasteiger partial charge in [-0.25, -0.2) is 18.4 Å². The first-order chi connectivity index (χ1) is 8.61. The Hall–Kier alpha value is -1.47. The molecule has 0 aliphatic heterocycles. The van der Waals surface area contributed by atoms with E-state index in [4.69, 9.17) is 0 Å². The normalized spacial score (nSPS) is 10.9. The molecule has 0 saturated carbocycles. The van der Waals surface area contributed by atoms with Crippen LogP contribution in [0.25, 0.3) is 0 Å². The van der Waals surface area contributed by atoms with E-state index in [1.54, 1.807) is 14.1 Å². The van der Waals surface area contributed by atoms with Gasteiger partial charge in [-0.2, -0.15) is 5.10 Å². The second-order valence-electron chi connectivity index (χ2n) is 3.69. The van der Waals surface area contributed by atoms with Crippen LogP contribution in [0.4, 0.5) is 8.78 Å². The highest BCUT2D eigenvalue weighted by Crippen LogP contribution is 2.31. The predicted molar refractivity (Wildman–Crippen MR) is 64.2 cm³/mol. The second-order valence-corrected chi connectivity index (χ2v) is 4.66. The fourth-order valence-electron chi connectivity index (χ4n) is 1.49. The molecule has 0 fully saturated rings. The molecule has 0 bridgehead atoms. The van der Waals surface area contributed by atoms with Gasteiger partial charge in [-0.1, -0.05) is 0 Å². The minimum Gasteiger partial charge on any atom is -0.316 e. The van der Waals surface area contributed by atoms with Crippen molar-refractivity contribution in [1.82, 2.24) is 20.1 Å². The Morgan fingerprint density at radius 3 is 2.50 bits per heavy atom. The molecule has 1 N–H and O–H groups in total. The van der Waals surface area contributed by atoms with Crippen LogP contribution in [0.2, 0.25) is 0 Å². The molecule has 0 aliphatic rings. The van der Waals surface area contributed by atoms with Gasteiger partial charge in [-0.3, -0.25) is 0 Å². The highest BCUT2D eigenvalue weighted by Gasteiger charge is 2.15. The average Bonchev–Trinajstić information content (AvgIpc) is 2.70. The maximum atomic E-state index is 13.8. The van der Waals surface area contributed by atoms with Crippen LogP contribution < -0.4 is 5.32 Å². The summed E-state index contributed by atoms with van der Waals surface area (Å²) in [4.78, 5) is 3.86. The van der Waals surface area contributed by atoms with E-state index in [2.05, 4.69) is 15.4 Å². The maximum absolute atomic E-state index is 13.8. The lowest BCUT2D eigenvalue weighted by molar-refractivity contribution is 0.535. The molecular formula is C11H12F2N4S. The number of rotatable bonds is 4. The minimum atomic E-state index is -0.590. The molecule has 0 amide bonds. The molecule has 18 heavy (non-hydrogen) atoms. The molecule has 1 aromatic carbocycles. The van der Waals surface area contributed by atoms with Crippen molar-refractivity contribution in [1.29, 1.82) is 0 Å². The largest absolute Gasteiger partial charge is 0.316 e. The molecule has 0 atom stereocenters. The summed E-state index contributed by atoms with van der Waals surface area (Å²) in [5, 5.41) is 7.13. The maximum Gasteiger partial charge on any atom is 0.190 e. The summed E-state index contributed by atoms with van der Waals surface area (Å²) in [7, 11) is 3.39. The number of aromatic nitrogens is 3. The van der Waals surface area contributed by atoms with Gasteiger partial charge in [0.05, 0.1) is 4.90 Å². The average molecular weight is 270 g/mol. The third kappa shape index (κ3) is 2.68. The molecule has 0 saturated heterocycles. The van der Waals surface area contributed by atoms with Gasteiger partial charge >= 0.3 is 0 Å². The Labute approximate surface area is 107 Å². The molecule has 0 unspecified atom stereocenters. The quantitative estimate of drug-likeness (QED) is 0.922. The van der Waals surface area contributed by atoms with Gasteiger partial charge in [-0.15, -0.1) is 0 Å². The summed E-state index contributed by atoms with van der Waals surface area (Å²) >= 11 is 0.920. The fraction of sp³-hybridized carbons (Fsp3) is 0.273. The van der Waals surface area contributed by atoms with E-state index in [1.165, 1.54) is 23.1 Å². The zero-order valence-electron chi connectivity index (χ0n) is 9.94. The Morgan fingerprint density at radius 1 is 1.33 bits per heavy atom. The SMILES string of the molecule is CNCc1cc(F)c(Sc2ncnn2C)c(F)c1. The molecule has 0 aliphatic carbocycles. The molecule has 0 radical (unpaired) electrons. The molecule has 7 heteroatoms. The summed E-state index contributed by atoms with van der Waals surface area (Å²) in [5.41, 5.74) is 0.565. The molecule has 1 aromatic heterocycles. The van der Waals surface area contributed by atoms with Gasteiger partial charge in [0.2, 0.25) is 0 Å². The fourth-order valence-corrected chi connectivity index (χ4v) is 2.26. The van der Waals surface area contributed by atoms with Crippen molar-refractivity contribution < 1.29 is 8.78 Å². The van der Waals surface area contributed by atoms with E-state index in [-0.39, 0.29) is 4.90 Å². The Bertz CT molecular complexity index is 533. The van der Waals surface area contributed by atoms with Crippen molar-refractivity contribution in [2.45, 2.75) is 16.6 Å². The summed E-state index contributed by atoms with van der Waals surface area (Å²) < 4.78 is 29.1. The van der Waals surface area contributed by atoms with Crippen LogP contribution in [0.3, 0.4) is 0 Å². The number of nitrogens with zero attached hydrogens (tertiary/aromatic N) is 3. The smallest absolute Gasteiger partial charge is 0.190 e. The number of hydrogen-bond acceptors (Lipinski definition) is 4. The van der Waals surface area contributed by atoms with Crippen molar-refractivity contribution in [3.63, 3.8) is 0 Å². The minimum absolute atomic E-state index is 0.0639. The van der Waals surface area contributed by atoms with Crippen LogP contribution >= 0.6 is 11.8 Å². The summed E-state index contributed by atoms with van der Waals surface area (Å²) in [6.07, 6.45) is 1.34. The molecular weight excluding hydrogens is 258 g/mol. The Kier molecular flexibility index (Phi) is 3.93. The molecule has 1 heterocycles. The lowest BCUT2D eigenvalue weighted by atomic mass is 10.2. The van der Waals surface area contributed by atoms with E-state index in [0.29, 0.717) is 17.3 Å².